The highest BCUT2D eigenvalue weighted by Crippen LogP contribution is 2.27. The molecule has 7 nitrogen and oxygen atoms in total. The van der Waals surface area contributed by atoms with Gasteiger partial charge in [0.15, 0.2) is 0 Å². The molecule has 0 aromatic heterocycles. The molecule has 1 aliphatic heterocycles. The number of anilines is 1. The molecular weight excluding hydrogens is 390 g/mol. The van der Waals surface area contributed by atoms with E-state index in [9.17, 15) is 13.2 Å². The SMILES string of the molecule is COc1ccc(C#N)cc1NC(=O)c1ccc(S(=O)(=O)N2CCC(C)CC2)cc1. The molecule has 8 heteroatoms. The van der Waals surface area contributed by atoms with E-state index in [0.29, 0.717) is 41.6 Å². The van der Waals surface area contributed by atoms with Gasteiger partial charge in [0, 0.05) is 18.7 Å². The lowest BCUT2D eigenvalue weighted by atomic mass is 10.0. The second kappa shape index (κ2) is 8.64. The fourth-order valence-corrected chi connectivity index (χ4v) is 4.69. The number of hydrogen-bond donors (Lipinski definition) is 1. The first-order valence-corrected chi connectivity index (χ1v) is 10.8. The molecule has 0 unspecified atom stereocenters. The van der Waals surface area contributed by atoms with Crippen molar-refractivity contribution in [3.05, 3.63) is 53.6 Å². The number of rotatable bonds is 5. The topological polar surface area (TPSA) is 99.5 Å². The third-order valence-corrected chi connectivity index (χ3v) is 6.99. The van der Waals surface area contributed by atoms with Crippen molar-refractivity contribution < 1.29 is 17.9 Å². The highest BCUT2D eigenvalue weighted by molar-refractivity contribution is 7.89. The van der Waals surface area contributed by atoms with Crippen LogP contribution in [0.1, 0.15) is 35.7 Å². The monoisotopic (exact) mass is 413 g/mol. The van der Waals surface area contributed by atoms with E-state index in [1.165, 1.54) is 41.7 Å². The van der Waals surface area contributed by atoms with Gasteiger partial charge in [0.05, 0.1) is 29.3 Å². The minimum absolute atomic E-state index is 0.174. The van der Waals surface area contributed by atoms with E-state index in [0.717, 1.165) is 12.8 Å². The molecule has 0 saturated carbocycles. The van der Waals surface area contributed by atoms with Gasteiger partial charge in [0.25, 0.3) is 5.91 Å². The number of ether oxygens (including phenoxy) is 1. The first-order chi connectivity index (χ1) is 13.8. The van der Waals surface area contributed by atoms with Crippen LogP contribution in [-0.4, -0.2) is 38.8 Å². The molecule has 0 atom stereocenters. The molecule has 29 heavy (non-hydrogen) atoms. The van der Waals surface area contributed by atoms with Gasteiger partial charge in [0.2, 0.25) is 10.0 Å². The fourth-order valence-electron chi connectivity index (χ4n) is 3.22. The van der Waals surface area contributed by atoms with Gasteiger partial charge < -0.3 is 10.1 Å². The van der Waals surface area contributed by atoms with Crippen LogP contribution in [0.5, 0.6) is 5.75 Å². The first-order valence-electron chi connectivity index (χ1n) is 9.35. The van der Waals surface area contributed by atoms with E-state index in [4.69, 9.17) is 10.00 Å². The summed E-state index contributed by atoms with van der Waals surface area (Å²) in [6.07, 6.45) is 1.70. The molecule has 1 saturated heterocycles. The van der Waals surface area contributed by atoms with E-state index in [1.807, 2.05) is 6.07 Å². The summed E-state index contributed by atoms with van der Waals surface area (Å²) >= 11 is 0. The number of amides is 1. The summed E-state index contributed by atoms with van der Waals surface area (Å²) in [7, 11) is -2.09. The standard InChI is InChI=1S/C21H23N3O4S/c1-15-9-11-24(12-10-15)29(26,27)18-6-4-17(5-7-18)21(25)23-19-13-16(14-22)3-8-20(19)28-2/h3-8,13,15H,9-12H2,1-2H3,(H,23,25). The molecule has 152 valence electrons. The largest absolute Gasteiger partial charge is 0.495 e. The minimum Gasteiger partial charge on any atom is -0.495 e. The summed E-state index contributed by atoms with van der Waals surface area (Å²) in [5.74, 6) is 0.536. The molecule has 1 fully saturated rings. The number of nitriles is 1. The van der Waals surface area contributed by atoms with Crippen LogP contribution in [0.15, 0.2) is 47.4 Å². The zero-order valence-corrected chi connectivity index (χ0v) is 17.2. The summed E-state index contributed by atoms with van der Waals surface area (Å²) in [5, 5.41) is 11.7. The normalized spacial score (nSPS) is 15.5. The van der Waals surface area contributed by atoms with Crippen LogP contribution in [-0.2, 0) is 10.0 Å². The maximum Gasteiger partial charge on any atom is 0.255 e. The lowest BCUT2D eigenvalue weighted by Gasteiger charge is -2.29. The number of methoxy groups -OCH3 is 1. The molecule has 1 N–H and O–H groups in total. The van der Waals surface area contributed by atoms with E-state index < -0.39 is 15.9 Å². The predicted octanol–water partition coefficient (Wildman–Crippen LogP) is 3.24. The van der Waals surface area contributed by atoms with Crippen LogP contribution in [0.3, 0.4) is 0 Å². The second-order valence-electron chi connectivity index (χ2n) is 7.09. The van der Waals surface area contributed by atoms with Crippen molar-refractivity contribution in [1.29, 1.82) is 5.26 Å². The number of benzene rings is 2. The zero-order chi connectivity index (χ0) is 21.0. The van der Waals surface area contributed by atoms with Crippen LogP contribution < -0.4 is 10.1 Å². The molecule has 3 rings (SSSR count). The highest BCUT2D eigenvalue weighted by atomic mass is 32.2. The summed E-state index contributed by atoms with van der Waals surface area (Å²) in [6.45, 7) is 3.15. The average molecular weight is 413 g/mol. The third kappa shape index (κ3) is 4.58. The predicted molar refractivity (Wildman–Crippen MR) is 109 cm³/mol. The van der Waals surface area contributed by atoms with Gasteiger partial charge in [-0.3, -0.25) is 4.79 Å². The lowest BCUT2D eigenvalue weighted by molar-refractivity contribution is 0.102. The first kappa shape index (κ1) is 20.8. The summed E-state index contributed by atoms with van der Waals surface area (Å²) in [5.41, 5.74) is 1.06. The molecule has 1 aliphatic rings. The summed E-state index contributed by atoms with van der Waals surface area (Å²) in [4.78, 5) is 12.7. The Bertz CT molecular complexity index is 1030. The summed E-state index contributed by atoms with van der Waals surface area (Å²) in [6, 6.07) is 12.6. The molecule has 2 aromatic carbocycles. The zero-order valence-electron chi connectivity index (χ0n) is 16.4. The van der Waals surface area contributed by atoms with E-state index in [-0.39, 0.29) is 4.90 Å². The highest BCUT2D eigenvalue weighted by Gasteiger charge is 2.28. The number of sulfonamides is 1. The van der Waals surface area contributed by atoms with Crippen molar-refractivity contribution in [2.24, 2.45) is 5.92 Å². The Morgan fingerprint density at radius 1 is 1.17 bits per heavy atom. The molecule has 0 aliphatic carbocycles. The van der Waals surface area contributed by atoms with Crippen molar-refractivity contribution in [2.75, 3.05) is 25.5 Å². The van der Waals surface area contributed by atoms with Gasteiger partial charge in [-0.05, 0) is 61.2 Å². The molecular formula is C21H23N3O4S. The van der Waals surface area contributed by atoms with Crippen molar-refractivity contribution >= 4 is 21.6 Å². The molecule has 2 aromatic rings. The van der Waals surface area contributed by atoms with Crippen molar-refractivity contribution in [2.45, 2.75) is 24.7 Å². The maximum absolute atomic E-state index is 12.8. The van der Waals surface area contributed by atoms with Crippen molar-refractivity contribution in [1.82, 2.24) is 4.31 Å². The number of nitrogens with zero attached hydrogens (tertiary/aromatic N) is 2. The molecule has 0 spiro atoms. The molecule has 0 bridgehead atoms. The average Bonchev–Trinajstić information content (AvgIpc) is 2.74. The van der Waals surface area contributed by atoms with Crippen LogP contribution >= 0.6 is 0 Å². The Balaban J connectivity index is 1.77. The van der Waals surface area contributed by atoms with E-state index in [2.05, 4.69) is 12.2 Å². The Labute approximate surface area is 171 Å². The number of carbonyl (C=O) groups is 1. The van der Waals surface area contributed by atoms with Gasteiger partial charge >= 0.3 is 0 Å². The molecule has 0 radical (unpaired) electrons. The fraction of sp³-hybridized carbons (Fsp3) is 0.333. The van der Waals surface area contributed by atoms with E-state index >= 15 is 0 Å². The van der Waals surface area contributed by atoms with Gasteiger partial charge in [-0.2, -0.15) is 9.57 Å². The van der Waals surface area contributed by atoms with Gasteiger partial charge in [-0.25, -0.2) is 8.42 Å². The van der Waals surface area contributed by atoms with Crippen LogP contribution in [0.2, 0.25) is 0 Å². The third-order valence-electron chi connectivity index (χ3n) is 5.07. The lowest BCUT2D eigenvalue weighted by Crippen LogP contribution is -2.37. The Morgan fingerprint density at radius 2 is 1.83 bits per heavy atom. The van der Waals surface area contributed by atoms with Crippen molar-refractivity contribution in [3.8, 4) is 11.8 Å². The molecule has 1 amide bonds. The smallest absolute Gasteiger partial charge is 0.255 e. The van der Waals surface area contributed by atoms with Crippen LogP contribution in [0.25, 0.3) is 0 Å². The Morgan fingerprint density at radius 3 is 2.41 bits per heavy atom. The number of piperidine rings is 1. The number of carbonyl (C=O) groups excluding carboxylic acids is 1. The quantitative estimate of drug-likeness (QED) is 0.811. The summed E-state index contributed by atoms with van der Waals surface area (Å²) < 4.78 is 32.3. The maximum atomic E-state index is 12.8. The van der Waals surface area contributed by atoms with Gasteiger partial charge in [-0.15, -0.1) is 0 Å². The van der Waals surface area contributed by atoms with Gasteiger partial charge in [0.1, 0.15) is 5.75 Å². The van der Waals surface area contributed by atoms with Gasteiger partial charge in [-0.1, -0.05) is 6.92 Å². The van der Waals surface area contributed by atoms with Crippen LogP contribution in [0, 0.1) is 17.2 Å². The number of nitrogens with one attached hydrogen (secondary N) is 1. The second-order valence-corrected chi connectivity index (χ2v) is 9.03. The van der Waals surface area contributed by atoms with Crippen molar-refractivity contribution in [3.63, 3.8) is 0 Å². The van der Waals surface area contributed by atoms with Crippen LogP contribution in [0.4, 0.5) is 5.69 Å². The Hall–Kier alpha value is -2.89. The molecule has 1 heterocycles. The van der Waals surface area contributed by atoms with E-state index in [1.54, 1.807) is 12.1 Å². The number of hydrogen-bond acceptors (Lipinski definition) is 5. The Kier molecular flexibility index (Phi) is 6.20. The minimum atomic E-state index is -3.56.